The van der Waals surface area contributed by atoms with Crippen molar-refractivity contribution in [2.24, 2.45) is 17.8 Å². The van der Waals surface area contributed by atoms with Crippen molar-refractivity contribution in [3.05, 3.63) is 35.9 Å². The smallest absolute Gasteiger partial charge is 0.223 e. The molecule has 1 spiro atoms. The average molecular weight is 362 g/mol. The first-order valence-electron chi connectivity index (χ1n) is 9.37. The van der Waals surface area contributed by atoms with Gasteiger partial charge in [-0.25, -0.2) is 0 Å². The zero-order chi connectivity index (χ0) is 16.4. The van der Waals surface area contributed by atoms with Crippen molar-refractivity contribution in [1.29, 1.82) is 0 Å². The van der Waals surface area contributed by atoms with Gasteiger partial charge in [0, 0.05) is 24.0 Å². The number of amides is 1. The molecule has 130 valence electrons. The summed E-state index contributed by atoms with van der Waals surface area (Å²) in [6.07, 6.45) is 7.22. The molecular weight excluding hydrogens is 334 g/mol. The lowest BCUT2D eigenvalue weighted by atomic mass is 9.67. The molecular formula is C20H27NOS2. The standard InChI is InChI=1S/C20H27NOS2/c22-19(21-10-9-15-5-2-1-3-6-15)16-13-17-7-4-8-18(14-16)20(17)23-11-12-24-20/h1-3,5-6,16-18H,4,7-14H2,(H,21,22). The van der Waals surface area contributed by atoms with Crippen LogP contribution in [0, 0.1) is 17.8 Å². The average Bonchev–Trinajstić information content (AvgIpc) is 3.05. The Balaban J connectivity index is 1.33. The van der Waals surface area contributed by atoms with Crippen molar-refractivity contribution in [2.45, 2.75) is 42.6 Å². The number of benzene rings is 1. The summed E-state index contributed by atoms with van der Waals surface area (Å²) in [5.41, 5.74) is 1.30. The fraction of sp³-hybridized carbons (Fsp3) is 0.650. The maximum absolute atomic E-state index is 12.7. The Morgan fingerprint density at radius 3 is 2.42 bits per heavy atom. The highest BCUT2D eigenvalue weighted by atomic mass is 32.2. The molecule has 2 unspecified atom stereocenters. The van der Waals surface area contributed by atoms with E-state index in [1.807, 2.05) is 6.07 Å². The van der Waals surface area contributed by atoms with Crippen LogP contribution in [0.4, 0.5) is 0 Å². The summed E-state index contributed by atoms with van der Waals surface area (Å²) in [6, 6.07) is 10.4. The van der Waals surface area contributed by atoms with Crippen LogP contribution >= 0.6 is 23.5 Å². The van der Waals surface area contributed by atoms with Gasteiger partial charge in [-0.05, 0) is 49.5 Å². The highest BCUT2D eigenvalue weighted by Gasteiger charge is 2.55. The van der Waals surface area contributed by atoms with Crippen molar-refractivity contribution in [3.8, 4) is 0 Å². The van der Waals surface area contributed by atoms with Crippen molar-refractivity contribution < 1.29 is 4.79 Å². The van der Waals surface area contributed by atoms with Gasteiger partial charge in [-0.2, -0.15) is 0 Å². The van der Waals surface area contributed by atoms with E-state index in [2.05, 4.69) is 53.1 Å². The van der Waals surface area contributed by atoms with Crippen LogP contribution in [-0.4, -0.2) is 28.0 Å². The van der Waals surface area contributed by atoms with Crippen LogP contribution in [0.5, 0.6) is 0 Å². The van der Waals surface area contributed by atoms with Crippen molar-refractivity contribution in [2.75, 3.05) is 18.1 Å². The van der Waals surface area contributed by atoms with Gasteiger partial charge < -0.3 is 5.32 Å². The molecule has 1 aliphatic heterocycles. The molecule has 1 N–H and O–H groups in total. The number of carbonyl (C=O) groups excluding carboxylic acids is 1. The number of rotatable bonds is 4. The van der Waals surface area contributed by atoms with Crippen molar-refractivity contribution in [3.63, 3.8) is 0 Å². The lowest BCUT2D eigenvalue weighted by molar-refractivity contribution is -0.127. The fourth-order valence-corrected chi connectivity index (χ4v) is 8.88. The molecule has 2 aliphatic carbocycles. The lowest BCUT2D eigenvalue weighted by Gasteiger charge is -2.52. The highest BCUT2D eigenvalue weighted by Crippen LogP contribution is 2.64. The summed E-state index contributed by atoms with van der Waals surface area (Å²) in [7, 11) is 0. The first kappa shape index (κ1) is 16.8. The Hall–Kier alpha value is -0.610. The number of hydrogen-bond acceptors (Lipinski definition) is 3. The van der Waals surface area contributed by atoms with Gasteiger partial charge in [-0.15, -0.1) is 23.5 Å². The quantitative estimate of drug-likeness (QED) is 0.864. The molecule has 1 heterocycles. The van der Waals surface area contributed by atoms with Gasteiger partial charge in [0.1, 0.15) is 0 Å². The normalized spacial score (nSPS) is 31.1. The van der Waals surface area contributed by atoms with E-state index in [0.717, 1.165) is 37.6 Å². The molecule has 2 atom stereocenters. The first-order valence-corrected chi connectivity index (χ1v) is 11.3. The van der Waals surface area contributed by atoms with E-state index in [1.54, 1.807) is 0 Å². The molecule has 2 nitrogen and oxygen atoms in total. The van der Waals surface area contributed by atoms with Crippen LogP contribution in [0.15, 0.2) is 30.3 Å². The minimum atomic E-state index is 0.253. The summed E-state index contributed by atoms with van der Waals surface area (Å²) < 4.78 is 0.471. The topological polar surface area (TPSA) is 29.1 Å². The van der Waals surface area contributed by atoms with Gasteiger partial charge in [0.25, 0.3) is 0 Å². The molecule has 3 aliphatic rings. The molecule has 0 radical (unpaired) electrons. The first-order chi connectivity index (χ1) is 11.8. The number of thioether (sulfide) groups is 2. The zero-order valence-corrected chi connectivity index (χ0v) is 15.8. The van der Waals surface area contributed by atoms with E-state index >= 15 is 0 Å². The van der Waals surface area contributed by atoms with Gasteiger partial charge in [-0.1, -0.05) is 36.8 Å². The monoisotopic (exact) mass is 361 g/mol. The third kappa shape index (κ3) is 3.24. The van der Waals surface area contributed by atoms with Crippen LogP contribution in [-0.2, 0) is 11.2 Å². The maximum atomic E-state index is 12.7. The minimum Gasteiger partial charge on any atom is -0.356 e. The van der Waals surface area contributed by atoms with Gasteiger partial charge >= 0.3 is 0 Å². The largest absolute Gasteiger partial charge is 0.356 e. The van der Waals surface area contributed by atoms with Crippen molar-refractivity contribution in [1.82, 2.24) is 5.32 Å². The number of carbonyl (C=O) groups is 1. The fourth-order valence-electron chi connectivity index (χ4n) is 4.94. The summed E-state index contributed by atoms with van der Waals surface area (Å²) in [5.74, 6) is 4.70. The van der Waals surface area contributed by atoms with E-state index in [4.69, 9.17) is 0 Å². The van der Waals surface area contributed by atoms with Gasteiger partial charge in [-0.3, -0.25) is 4.79 Å². The molecule has 2 bridgehead atoms. The third-order valence-corrected chi connectivity index (χ3v) is 10.1. The Labute approximate surface area is 153 Å². The highest BCUT2D eigenvalue weighted by molar-refractivity contribution is 8.21. The second kappa shape index (κ2) is 7.33. The van der Waals surface area contributed by atoms with Crippen LogP contribution in [0.3, 0.4) is 0 Å². The van der Waals surface area contributed by atoms with E-state index in [9.17, 15) is 4.79 Å². The maximum Gasteiger partial charge on any atom is 0.223 e. The summed E-state index contributed by atoms with van der Waals surface area (Å²) >= 11 is 4.44. The molecule has 1 aromatic carbocycles. The SMILES string of the molecule is O=C(NCCc1ccccc1)C1CC2CCCC(C1)C21SCCS1. The molecule has 4 rings (SSSR count). The molecule has 24 heavy (non-hydrogen) atoms. The van der Waals surface area contributed by atoms with Gasteiger partial charge in [0.05, 0.1) is 4.08 Å². The zero-order valence-electron chi connectivity index (χ0n) is 14.2. The Morgan fingerprint density at radius 2 is 1.75 bits per heavy atom. The Bertz CT molecular complexity index is 554. The summed E-state index contributed by atoms with van der Waals surface area (Å²) in [6.45, 7) is 0.767. The van der Waals surface area contributed by atoms with E-state index in [0.29, 0.717) is 9.99 Å². The number of hydrogen-bond donors (Lipinski definition) is 1. The van der Waals surface area contributed by atoms with Gasteiger partial charge in [0.15, 0.2) is 0 Å². The Morgan fingerprint density at radius 1 is 1.08 bits per heavy atom. The second-order valence-electron chi connectivity index (χ2n) is 7.44. The van der Waals surface area contributed by atoms with E-state index in [-0.39, 0.29) is 5.92 Å². The van der Waals surface area contributed by atoms with Crippen molar-refractivity contribution >= 4 is 29.4 Å². The molecule has 4 heteroatoms. The van der Waals surface area contributed by atoms with Crippen LogP contribution in [0.25, 0.3) is 0 Å². The second-order valence-corrected chi connectivity index (χ2v) is 10.4. The number of nitrogens with one attached hydrogen (secondary N) is 1. The third-order valence-electron chi connectivity index (χ3n) is 6.05. The molecule has 3 fully saturated rings. The Kier molecular flexibility index (Phi) is 5.14. The lowest BCUT2D eigenvalue weighted by Crippen LogP contribution is -2.49. The molecule has 2 saturated carbocycles. The predicted octanol–water partition coefficient (Wildman–Crippen LogP) is 4.35. The summed E-state index contributed by atoms with van der Waals surface area (Å²) in [4.78, 5) is 12.7. The van der Waals surface area contributed by atoms with Crippen LogP contribution in [0.2, 0.25) is 0 Å². The van der Waals surface area contributed by atoms with E-state index in [1.165, 1.54) is 36.3 Å². The molecule has 0 aromatic heterocycles. The minimum absolute atomic E-state index is 0.253. The van der Waals surface area contributed by atoms with Gasteiger partial charge in [0.2, 0.25) is 5.91 Å². The predicted molar refractivity (Wildman–Crippen MR) is 104 cm³/mol. The molecule has 1 saturated heterocycles. The summed E-state index contributed by atoms with van der Waals surface area (Å²) in [5, 5.41) is 3.22. The van der Waals surface area contributed by atoms with E-state index < -0.39 is 0 Å². The van der Waals surface area contributed by atoms with Crippen LogP contribution in [0.1, 0.15) is 37.7 Å². The molecule has 1 amide bonds. The molecule has 1 aromatic rings. The van der Waals surface area contributed by atoms with Crippen LogP contribution < -0.4 is 5.32 Å².